The van der Waals surface area contributed by atoms with Crippen molar-refractivity contribution in [3.63, 3.8) is 0 Å². The van der Waals surface area contributed by atoms with Gasteiger partial charge < -0.3 is 4.84 Å². The minimum atomic E-state index is -0.653. The van der Waals surface area contributed by atoms with Crippen LogP contribution in [0, 0.1) is 23.0 Å². The summed E-state index contributed by atoms with van der Waals surface area (Å²) in [7, 11) is 0. The highest BCUT2D eigenvalue weighted by Gasteiger charge is 2.00. The van der Waals surface area contributed by atoms with Gasteiger partial charge in [-0.3, -0.25) is 0 Å². The summed E-state index contributed by atoms with van der Waals surface area (Å²) in [5.74, 6) is -1.31. The van der Waals surface area contributed by atoms with Gasteiger partial charge in [0.1, 0.15) is 18.2 Å². The largest absolute Gasteiger partial charge is 0.391 e. The first-order chi connectivity index (χ1) is 9.67. The smallest absolute Gasteiger partial charge is 0.142 e. The number of nitrogens with zero attached hydrogens (tertiary/aromatic N) is 2. The van der Waals surface area contributed by atoms with Crippen LogP contribution in [0.2, 0.25) is 0 Å². The van der Waals surface area contributed by atoms with Crippen molar-refractivity contribution in [2.45, 2.75) is 6.61 Å². The molecule has 0 aliphatic carbocycles. The van der Waals surface area contributed by atoms with Crippen LogP contribution in [0.4, 0.5) is 8.78 Å². The quantitative estimate of drug-likeness (QED) is 0.632. The summed E-state index contributed by atoms with van der Waals surface area (Å²) in [5, 5.41) is 12.3. The molecule has 0 aliphatic rings. The Kier molecular flexibility index (Phi) is 4.40. The predicted octanol–water partition coefficient (Wildman–Crippen LogP) is 3.39. The van der Waals surface area contributed by atoms with Crippen LogP contribution in [0.3, 0.4) is 0 Å². The van der Waals surface area contributed by atoms with Crippen molar-refractivity contribution < 1.29 is 13.6 Å². The highest BCUT2D eigenvalue weighted by Crippen LogP contribution is 2.09. The lowest BCUT2D eigenvalue weighted by molar-refractivity contribution is 0.131. The molecule has 0 amide bonds. The molecule has 3 nitrogen and oxygen atoms in total. The van der Waals surface area contributed by atoms with Gasteiger partial charge in [0.15, 0.2) is 0 Å². The fraction of sp³-hybridized carbons (Fsp3) is 0.0667. The number of nitriles is 1. The minimum Gasteiger partial charge on any atom is -0.391 e. The maximum atomic E-state index is 12.9. The minimum absolute atomic E-state index is 0.0263. The highest BCUT2D eigenvalue weighted by atomic mass is 19.1. The summed E-state index contributed by atoms with van der Waals surface area (Å²) in [6.07, 6.45) is 1.46. The Hall–Kier alpha value is -2.74. The topological polar surface area (TPSA) is 45.4 Å². The molecule has 5 heteroatoms. The maximum Gasteiger partial charge on any atom is 0.142 e. The third kappa shape index (κ3) is 3.89. The molecule has 0 N–H and O–H groups in total. The zero-order valence-electron chi connectivity index (χ0n) is 10.4. The van der Waals surface area contributed by atoms with E-state index < -0.39 is 11.6 Å². The second-order valence-corrected chi connectivity index (χ2v) is 4.02. The fourth-order valence-corrected chi connectivity index (χ4v) is 1.55. The lowest BCUT2D eigenvalue weighted by Crippen LogP contribution is -1.91. The van der Waals surface area contributed by atoms with Crippen LogP contribution in [-0.4, -0.2) is 6.21 Å². The second-order valence-electron chi connectivity index (χ2n) is 4.02. The average Bonchev–Trinajstić information content (AvgIpc) is 2.43. The third-order valence-corrected chi connectivity index (χ3v) is 2.47. The van der Waals surface area contributed by atoms with Crippen LogP contribution in [-0.2, 0) is 11.4 Å². The molecule has 0 saturated carbocycles. The molecular weight excluding hydrogens is 262 g/mol. The van der Waals surface area contributed by atoms with E-state index in [9.17, 15) is 8.78 Å². The number of benzene rings is 2. The van der Waals surface area contributed by atoms with E-state index in [2.05, 4.69) is 5.16 Å². The Bertz CT molecular complexity index is 640. The SMILES string of the molecule is N#Cc1ccc(C=NOCc2cc(F)cc(F)c2)cc1. The molecule has 2 aromatic carbocycles. The van der Waals surface area contributed by atoms with Crippen molar-refractivity contribution in [2.75, 3.05) is 0 Å². The predicted molar refractivity (Wildman–Crippen MR) is 69.9 cm³/mol. The Balaban J connectivity index is 1.91. The van der Waals surface area contributed by atoms with E-state index in [-0.39, 0.29) is 6.61 Å². The normalized spacial score (nSPS) is 10.4. The van der Waals surface area contributed by atoms with Crippen molar-refractivity contribution in [1.82, 2.24) is 0 Å². The van der Waals surface area contributed by atoms with E-state index in [1.807, 2.05) is 6.07 Å². The number of hydrogen-bond acceptors (Lipinski definition) is 3. The van der Waals surface area contributed by atoms with E-state index in [0.29, 0.717) is 11.1 Å². The molecule has 0 saturated heterocycles. The third-order valence-electron chi connectivity index (χ3n) is 2.47. The van der Waals surface area contributed by atoms with Crippen molar-refractivity contribution in [2.24, 2.45) is 5.16 Å². The van der Waals surface area contributed by atoms with Gasteiger partial charge in [-0.15, -0.1) is 0 Å². The molecule has 0 aliphatic heterocycles. The first-order valence-corrected chi connectivity index (χ1v) is 5.78. The molecule has 0 atom stereocenters. The van der Waals surface area contributed by atoms with E-state index in [1.165, 1.54) is 18.3 Å². The average molecular weight is 272 g/mol. The molecule has 0 spiro atoms. The summed E-state index contributed by atoms with van der Waals surface area (Å²) in [6.45, 7) is -0.0263. The molecule has 0 fully saturated rings. The van der Waals surface area contributed by atoms with E-state index in [0.717, 1.165) is 11.6 Å². The summed E-state index contributed by atoms with van der Waals surface area (Å²) in [6, 6.07) is 11.9. The molecule has 2 rings (SSSR count). The maximum absolute atomic E-state index is 12.9. The number of halogens is 2. The molecule has 0 unspecified atom stereocenters. The van der Waals surface area contributed by atoms with Gasteiger partial charge in [-0.2, -0.15) is 5.26 Å². The van der Waals surface area contributed by atoms with Crippen molar-refractivity contribution in [3.05, 3.63) is 70.8 Å². The van der Waals surface area contributed by atoms with E-state index in [4.69, 9.17) is 10.1 Å². The molecule has 2 aromatic rings. The molecule has 100 valence electrons. The molecule has 0 heterocycles. The summed E-state index contributed by atoms with van der Waals surface area (Å²) >= 11 is 0. The lowest BCUT2D eigenvalue weighted by Gasteiger charge is -2.00. The van der Waals surface area contributed by atoms with E-state index >= 15 is 0 Å². The standard InChI is InChI=1S/C15H10F2N2O/c16-14-5-13(6-15(17)7-14)10-20-19-9-12-3-1-11(8-18)2-4-12/h1-7,9H,10H2. The monoisotopic (exact) mass is 272 g/mol. The van der Waals surface area contributed by atoms with Crippen LogP contribution in [0.25, 0.3) is 0 Å². The van der Waals surface area contributed by atoms with Gasteiger partial charge >= 0.3 is 0 Å². The van der Waals surface area contributed by atoms with Crippen molar-refractivity contribution >= 4 is 6.21 Å². The van der Waals surface area contributed by atoms with E-state index in [1.54, 1.807) is 24.3 Å². The summed E-state index contributed by atoms with van der Waals surface area (Å²) < 4.78 is 25.8. The highest BCUT2D eigenvalue weighted by molar-refractivity contribution is 5.79. The van der Waals surface area contributed by atoms with Gasteiger partial charge in [0.2, 0.25) is 0 Å². The molecule has 0 bridgehead atoms. The Labute approximate surface area is 114 Å². The Morgan fingerprint density at radius 2 is 1.75 bits per heavy atom. The zero-order valence-corrected chi connectivity index (χ0v) is 10.4. The Morgan fingerprint density at radius 3 is 2.35 bits per heavy atom. The van der Waals surface area contributed by atoms with Gasteiger partial charge in [0, 0.05) is 6.07 Å². The molecular formula is C15H10F2N2O. The van der Waals surface area contributed by atoms with Crippen molar-refractivity contribution in [3.8, 4) is 6.07 Å². The van der Waals surface area contributed by atoms with Gasteiger partial charge in [0.05, 0.1) is 17.8 Å². The van der Waals surface area contributed by atoms with Gasteiger partial charge in [-0.05, 0) is 35.4 Å². The molecule has 0 radical (unpaired) electrons. The van der Waals surface area contributed by atoms with Crippen LogP contribution in [0.1, 0.15) is 16.7 Å². The van der Waals surface area contributed by atoms with Crippen LogP contribution < -0.4 is 0 Å². The zero-order chi connectivity index (χ0) is 14.4. The van der Waals surface area contributed by atoms with Gasteiger partial charge in [-0.1, -0.05) is 17.3 Å². The number of rotatable bonds is 4. The van der Waals surface area contributed by atoms with Crippen LogP contribution in [0.5, 0.6) is 0 Å². The summed E-state index contributed by atoms with van der Waals surface area (Å²) in [5.41, 5.74) is 1.67. The van der Waals surface area contributed by atoms with Crippen LogP contribution in [0.15, 0.2) is 47.6 Å². The number of hydrogen-bond donors (Lipinski definition) is 0. The fourth-order valence-electron chi connectivity index (χ4n) is 1.55. The van der Waals surface area contributed by atoms with Gasteiger partial charge in [0.25, 0.3) is 0 Å². The van der Waals surface area contributed by atoms with Crippen molar-refractivity contribution in [1.29, 1.82) is 5.26 Å². The molecule has 0 aromatic heterocycles. The molecule has 20 heavy (non-hydrogen) atoms. The first-order valence-electron chi connectivity index (χ1n) is 5.78. The number of oxime groups is 1. The lowest BCUT2D eigenvalue weighted by atomic mass is 10.2. The summed E-state index contributed by atoms with van der Waals surface area (Å²) in [4.78, 5) is 4.96. The van der Waals surface area contributed by atoms with Gasteiger partial charge in [-0.25, -0.2) is 8.78 Å². The Morgan fingerprint density at radius 1 is 1.10 bits per heavy atom. The first kappa shape index (κ1) is 13.7. The van der Waals surface area contributed by atoms with Crippen LogP contribution >= 0.6 is 0 Å². The second kappa shape index (κ2) is 6.43.